The van der Waals surface area contributed by atoms with E-state index < -0.39 is 45.5 Å². The Hall–Kier alpha value is -3.27. The third-order valence-corrected chi connectivity index (χ3v) is 8.78. The number of hydrogen-bond acceptors (Lipinski definition) is 5. The molecule has 5 rings (SSSR count). The van der Waals surface area contributed by atoms with Crippen molar-refractivity contribution in [3.63, 3.8) is 0 Å². The summed E-state index contributed by atoms with van der Waals surface area (Å²) in [6, 6.07) is 11.0. The van der Waals surface area contributed by atoms with Gasteiger partial charge in [-0.25, -0.2) is 17.6 Å². The van der Waals surface area contributed by atoms with E-state index in [1.807, 2.05) is 6.92 Å². The molecule has 1 unspecified atom stereocenters. The number of carbonyl (C=O) groups is 3. The van der Waals surface area contributed by atoms with Crippen LogP contribution in [0.1, 0.15) is 30.9 Å². The number of imide groups is 1. The number of nitrogens with one attached hydrogen (secondary N) is 1. The fourth-order valence-electron chi connectivity index (χ4n) is 4.89. The highest BCUT2D eigenvalue weighted by Gasteiger charge is 2.60. The Morgan fingerprint density at radius 3 is 2.53 bits per heavy atom. The van der Waals surface area contributed by atoms with Crippen LogP contribution >= 0.6 is 0 Å². The SMILES string of the molecule is C[C@@H](C1CC1)N(Cc1ccc(F)cc1)C(=O)CN1C(=O)NC2(CS(=O)(=O)c3ccccc32)C1=O. The molecule has 178 valence electrons. The Kier molecular flexibility index (Phi) is 5.23. The molecule has 2 heterocycles. The lowest BCUT2D eigenvalue weighted by molar-refractivity contribution is -0.140. The molecule has 10 heteroatoms. The Morgan fingerprint density at radius 1 is 1.18 bits per heavy atom. The van der Waals surface area contributed by atoms with Crippen molar-refractivity contribution >= 4 is 27.7 Å². The van der Waals surface area contributed by atoms with Gasteiger partial charge in [-0.15, -0.1) is 0 Å². The Bertz CT molecular complexity index is 1290. The standard InChI is InChI=1S/C24H24FN3O5S/c1-15(17-8-9-17)27(12-16-6-10-18(25)11-7-16)21(29)13-28-22(30)24(26-23(28)31)14-34(32,33)20-5-3-2-4-19(20)24/h2-7,10-11,15,17H,8-9,12-14H2,1H3,(H,26,31)/t15-,24?/m0/s1. The van der Waals surface area contributed by atoms with Crippen LogP contribution in [0.4, 0.5) is 9.18 Å². The van der Waals surface area contributed by atoms with Crippen LogP contribution in [0, 0.1) is 11.7 Å². The topological polar surface area (TPSA) is 104 Å². The van der Waals surface area contributed by atoms with Gasteiger partial charge in [-0.1, -0.05) is 30.3 Å². The van der Waals surface area contributed by atoms with Gasteiger partial charge in [0.25, 0.3) is 5.91 Å². The molecule has 3 aliphatic rings. The van der Waals surface area contributed by atoms with Crippen LogP contribution in [-0.2, 0) is 31.5 Å². The molecule has 0 bridgehead atoms. The van der Waals surface area contributed by atoms with Crippen LogP contribution in [0.15, 0.2) is 53.4 Å². The number of sulfone groups is 1. The first kappa shape index (κ1) is 22.5. The van der Waals surface area contributed by atoms with Gasteiger partial charge in [0.15, 0.2) is 15.4 Å². The zero-order valence-corrected chi connectivity index (χ0v) is 19.3. The van der Waals surface area contributed by atoms with Crippen molar-refractivity contribution in [1.29, 1.82) is 0 Å². The second-order valence-corrected chi connectivity index (χ2v) is 11.2. The first-order valence-electron chi connectivity index (χ1n) is 11.1. The molecule has 1 N–H and O–H groups in total. The highest BCUT2D eigenvalue weighted by molar-refractivity contribution is 7.91. The fraction of sp³-hybridized carbons (Fsp3) is 0.375. The van der Waals surface area contributed by atoms with E-state index in [1.165, 1.54) is 24.3 Å². The molecule has 2 aromatic rings. The van der Waals surface area contributed by atoms with E-state index in [0.29, 0.717) is 5.92 Å². The summed E-state index contributed by atoms with van der Waals surface area (Å²) in [6.07, 6.45) is 1.96. The number of carbonyl (C=O) groups excluding carboxylic acids is 3. The molecule has 34 heavy (non-hydrogen) atoms. The van der Waals surface area contributed by atoms with Gasteiger partial charge in [-0.05, 0) is 49.4 Å². The average molecular weight is 486 g/mol. The fourth-order valence-corrected chi connectivity index (χ4v) is 6.83. The lowest BCUT2D eigenvalue weighted by atomic mass is 9.92. The molecule has 1 saturated heterocycles. The van der Waals surface area contributed by atoms with Gasteiger partial charge in [0.2, 0.25) is 5.91 Å². The van der Waals surface area contributed by atoms with E-state index in [9.17, 15) is 27.2 Å². The summed E-state index contributed by atoms with van der Waals surface area (Å²) in [5.74, 6) is -1.82. The van der Waals surface area contributed by atoms with Crippen molar-refractivity contribution in [2.75, 3.05) is 12.3 Å². The van der Waals surface area contributed by atoms with Crippen molar-refractivity contribution in [1.82, 2.24) is 15.1 Å². The first-order chi connectivity index (χ1) is 16.1. The number of fused-ring (bicyclic) bond motifs is 2. The summed E-state index contributed by atoms with van der Waals surface area (Å²) in [6.45, 7) is 1.63. The van der Waals surface area contributed by atoms with E-state index in [2.05, 4.69) is 5.32 Å². The molecule has 1 saturated carbocycles. The minimum absolute atomic E-state index is 0.0112. The number of rotatable bonds is 6. The second kappa shape index (κ2) is 7.90. The molecule has 1 spiro atoms. The van der Waals surface area contributed by atoms with Gasteiger partial charge in [0, 0.05) is 18.2 Å². The maximum absolute atomic E-state index is 13.4. The Labute approximate surface area is 196 Å². The first-order valence-corrected chi connectivity index (χ1v) is 12.8. The maximum Gasteiger partial charge on any atom is 0.325 e. The molecular weight excluding hydrogens is 461 g/mol. The van der Waals surface area contributed by atoms with Crippen molar-refractivity contribution in [3.8, 4) is 0 Å². The van der Waals surface area contributed by atoms with Gasteiger partial charge in [-0.2, -0.15) is 0 Å². The third kappa shape index (κ3) is 3.66. The summed E-state index contributed by atoms with van der Waals surface area (Å²) in [7, 11) is -3.77. The van der Waals surface area contributed by atoms with E-state index >= 15 is 0 Å². The van der Waals surface area contributed by atoms with Gasteiger partial charge in [0.05, 0.1) is 10.6 Å². The number of halogens is 1. The number of nitrogens with zero attached hydrogens (tertiary/aromatic N) is 2. The van der Waals surface area contributed by atoms with Crippen molar-refractivity contribution in [3.05, 3.63) is 65.5 Å². The summed E-state index contributed by atoms with van der Waals surface area (Å²) in [4.78, 5) is 42.0. The molecule has 8 nitrogen and oxygen atoms in total. The van der Waals surface area contributed by atoms with Crippen LogP contribution in [0.5, 0.6) is 0 Å². The second-order valence-electron chi connectivity index (χ2n) is 9.21. The highest BCUT2D eigenvalue weighted by Crippen LogP contribution is 2.42. The third-order valence-electron chi connectivity index (χ3n) is 6.94. The van der Waals surface area contributed by atoms with Crippen molar-refractivity contribution in [2.45, 2.75) is 42.8 Å². The molecule has 2 atom stereocenters. The molecule has 4 amide bonds. The van der Waals surface area contributed by atoms with Crippen molar-refractivity contribution < 1.29 is 27.2 Å². The lowest BCUT2D eigenvalue weighted by Crippen LogP contribution is -2.48. The van der Waals surface area contributed by atoms with E-state index in [4.69, 9.17) is 0 Å². The monoisotopic (exact) mass is 485 g/mol. The molecular formula is C24H24FN3O5S. The van der Waals surface area contributed by atoms with Crippen LogP contribution in [-0.4, -0.2) is 54.4 Å². The summed E-state index contributed by atoms with van der Waals surface area (Å²) < 4.78 is 38.7. The molecule has 2 aliphatic heterocycles. The number of urea groups is 1. The number of amides is 4. The molecule has 2 aromatic carbocycles. The minimum atomic E-state index is -3.77. The van der Waals surface area contributed by atoms with Gasteiger partial charge >= 0.3 is 6.03 Å². The van der Waals surface area contributed by atoms with Crippen LogP contribution in [0.3, 0.4) is 0 Å². The Morgan fingerprint density at radius 2 is 1.85 bits per heavy atom. The van der Waals surface area contributed by atoms with Gasteiger partial charge in [0.1, 0.15) is 12.4 Å². The summed E-state index contributed by atoms with van der Waals surface area (Å²) in [5, 5.41) is 2.55. The molecule has 2 fully saturated rings. The van der Waals surface area contributed by atoms with Crippen LogP contribution < -0.4 is 5.32 Å². The zero-order valence-electron chi connectivity index (χ0n) is 18.5. The quantitative estimate of drug-likeness (QED) is 0.632. The largest absolute Gasteiger partial charge is 0.334 e. The average Bonchev–Trinajstić information content (AvgIpc) is 3.59. The normalized spacial score (nSPS) is 23.6. The lowest BCUT2D eigenvalue weighted by Gasteiger charge is -2.31. The smallest absolute Gasteiger partial charge is 0.325 e. The Balaban J connectivity index is 1.40. The molecule has 0 radical (unpaired) electrons. The zero-order chi connectivity index (χ0) is 24.3. The summed E-state index contributed by atoms with van der Waals surface area (Å²) >= 11 is 0. The predicted molar refractivity (Wildman–Crippen MR) is 120 cm³/mol. The highest BCUT2D eigenvalue weighted by atomic mass is 32.2. The maximum atomic E-state index is 13.4. The summed E-state index contributed by atoms with van der Waals surface area (Å²) in [5.41, 5.74) is -0.777. The van der Waals surface area contributed by atoms with E-state index in [1.54, 1.807) is 29.2 Å². The van der Waals surface area contributed by atoms with E-state index in [-0.39, 0.29) is 28.9 Å². The van der Waals surface area contributed by atoms with Gasteiger partial charge in [-0.3, -0.25) is 14.5 Å². The van der Waals surface area contributed by atoms with Crippen LogP contribution in [0.2, 0.25) is 0 Å². The van der Waals surface area contributed by atoms with Crippen LogP contribution in [0.25, 0.3) is 0 Å². The number of benzene rings is 2. The predicted octanol–water partition coefficient (Wildman–Crippen LogP) is 2.19. The van der Waals surface area contributed by atoms with Gasteiger partial charge < -0.3 is 10.2 Å². The van der Waals surface area contributed by atoms with E-state index in [0.717, 1.165) is 23.3 Å². The number of hydrogen-bond donors (Lipinski definition) is 1. The molecule has 0 aromatic heterocycles. The molecule has 1 aliphatic carbocycles. The minimum Gasteiger partial charge on any atom is -0.334 e. The van der Waals surface area contributed by atoms with Crippen molar-refractivity contribution in [2.24, 2.45) is 5.92 Å².